The van der Waals surface area contributed by atoms with Crippen LogP contribution in [0.25, 0.3) is 0 Å². The van der Waals surface area contributed by atoms with E-state index in [1.165, 1.54) is 0 Å². The van der Waals surface area contributed by atoms with E-state index in [0.717, 1.165) is 43.7 Å². The summed E-state index contributed by atoms with van der Waals surface area (Å²) in [6.45, 7) is 4.38. The number of ether oxygens (including phenoxy) is 2. The van der Waals surface area contributed by atoms with E-state index in [1.54, 1.807) is 21.1 Å². The van der Waals surface area contributed by atoms with Crippen molar-refractivity contribution >= 4 is 11.8 Å². The number of carbonyl (C=O) groups is 2. The standard InChI is InChI=1S/C22H33N3O4/c1-15(26)24-19-10-17-12-25(13-18(17)11-21(19)29-3)14-22(27)23-9-8-16-6-4-5-7-20(16)28-2/h4-7,17-19,21H,8-14H2,1-3H3,(H,23,27)(H,24,26)/t17-,18+,19-,21-/m1/s1. The van der Waals surface area contributed by atoms with E-state index in [0.29, 0.717) is 24.9 Å². The lowest BCUT2D eigenvalue weighted by Crippen LogP contribution is -2.49. The van der Waals surface area contributed by atoms with Gasteiger partial charge in [-0.05, 0) is 42.7 Å². The molecule has 2 amide bonds. The third kappa shape index (κ3) is 5.70. The summed E-state index contributed by atoms with van der Waals surface area (Å²) in [7, 11) is 3.37. The molecular weight excluding hydrogens is 370 g/mol. The zero-order chi connectivity index (χ0) is 20.8. The van der Waals surface area contributed by atoms with Gasteiger partial charge in [-0.15, -0.1) is 0 Å². The quantitative estimate of drug-likeness (QED) is 0.682. The molecule has 7 nitrogen and oxygen atoms in total. The molecule has 7 heteroatoms. The minimum atomic E-state index is -0.0141. The molecule has 4 atom stereocenters. The molecule has 3 rings (SSSR count). The molecule has 1 saturated carbocycles. The highest BCUT2D eigenvalue weighted by atomic mass is 16.5. The number of hydrogen-bond donors (Lipinski definition) is 2. The number of nitrogens with zero attached hydrogens (tertiary/aromatic N) is 1. The van der Waals surface area contributed by atoms with Crippen LogP contribution in [-0.4, -0.2) is 69.3 Å². The molecule has 1 aliphatic heterocycles. The Balaban J connectivity index is 1.44. The van der Waals surface area contributed by atoms with E-state index in [4.69, 9.17) is 9.47 Å². The van der Waals surface area contributed by atoms with Crippen LogP contribution in [0.15, 0.2) is 24.3 Å². The van der Waals surface area contributed by atoms with Crippen molar-refractivity contribution in [2.45, 2.75) is 38.3 Å². The van der Waals surface area contributed by atoms with Gasteiger partial charge in [0.25, 0.3) is 0 Å². The molecule has 1 aromatic carbocycles. The summed E-state index contributed by atoms with van der Waals surface area (Å²) in [6, 6.07) is 7.94. The lowest BCUT2D eigenvalue weighted by Gasteiger charge is -2.37. The van der Waals surface area contributed by atoms with Crippen molar-refractivity contribution in [1.29, 1.82) is 0 Å². The third-order valence-electron chi connectivity index (χ3n) is 6.16. The van der Waals surface area contributed by atoms with Crippen LogP contribution in [0.3, 0.4) is 0 Å². The molecule has 1 heterocycles. The van der Waals surface area contributed by atoms with Crippen LogP contribution in [0, 0.1) is 11.8 Å². The second-order valence-electron chi connectivity index (χ2n) is 8.18. The molecule has 2 N–H and O–H groups in total. The van der Waals surface area contributed by atoms with E-state index in [2.05, 4.69) is 15.5 Å². The van der Waals surface area contributed by atoms with Gasteiger partial charge in [-0.1, -0.05) is 18.2 Å². The molecule has 0 spiro atoms. The fourth-order valence-electron chi connectivity index (χ4n) is 4.82. The Morgan fingerprint density at radius 1 is 1.14 bits per heavy atom. The monoisotopic (exact) mass is 403 g/mol. The van der Waals surface area contributed by atoms with Crippen molar-refractivity contribution in [1.82, 2.24) is 15.5 Å². The Labute approximate surface area is 173 Å². The molecule has 1 saturated heterocycles. The average molecular weight is 404 g/mol. The number of methoxy groups -OCH3 is 2. The SMILES string of the molecule is COc1ccccc1CCNC(=O)CN1C[C@H]2C[C@@H](NC(C)=O)[C@H](OC)C[C@H]2C1. The van der Waals surface area contributed by atoms with E-state index in [-0.39, 0.29) is 24.0 Å². The number of para-hydroxylation sites is 1. The Bertz CT molecular complexity index is 711. The first-order chi connectivity index (χ1) is 14.0. The second-order valence-corrected chi connectivity index (χ2v) is 8.18. The molecule has 0 radical (unpaired) electrons. The van der Waals surface area contributed by atoms with Crippen LogP contribution in [0.2, 0.25) is 0 Å². The summed E-state index contributed by atoms with van der Waals surface area (Å²) in [4.78, 5) is 26.1. The Morgan fingerprint density at radius 3 is 2.55 bits per heavy atom. The molecule has 0 aromatic heterocycles. The first kappa shape index (κ1) is 21.6. The Morgan fingerprint density at radius 2 is 1.86 bits per heavy atom. The van der Waals surface area contributed by atoms with Crippen LogP contribution in [0.5, 0.6) is 5.75 Å². The lowest BCUT2D eigenvalue weighted by molar-refractivity contribution is -0.122. The minimum Gasteiger partial charge on any atom is -0.496 e. The van der Waals surface area contributed by atoms with Crippen molar-refractivity contribution in [3.05, 3.63) is 29.8 Å². The highest BCUT2D eigenvalue weighted by Gasteiger charge is 2.42. The number of amides is 2. The minimum absolute atomic E-state index is 0.0141. The van der Waals surface area contributed by atoms with Gasteiger partial charge in [-0.3, -0.25) is 14.5 Å². The summed E-state index contributed by atoms with van der Waals surface area (Å²) < 4.78 is 11.0. The highest BCUT2D eigenvalue weighted by Crippen LogP contribution is 2.37. The second kappa shape index (κ2) is 10.1. The molecule has 160 valence electrons. The van der Waals surface area contributed by atoms with Gasteiger partial charge in [-0.2, -0.15) is 0 Å². The number of rotatable bonds is 8. The van der Waals surface area contributed by atoms with Crippen LogP contribution >= 0.6 is 0 Å². The van der Waals surface area contributed by atoms with Crippen molar-refractivity contribution in [3.8, 4) is 5.75 Å². The number of hydrogen-bond acceptors (Lipinski definition) is 5. The van der Waals surface area contributed by atoms with Gasteiger partial charge in [0.1, 0.15) is 5.75 Å². The van der Waals surface area contributed by atoms with E-state index >= 15 is 0 Å². The fraction of sp³-hybridized carbons (Fsp3) is 0.636. The fourth-order valence-corrected chi connectivity index (χ4v) is 4.82. The first-order valence-corrected chi connectivity index (χ1v) is 10.4. The van der Waals surface area contributed by atoms with Crippen LogP contribution in [0.4, 0.5) is 0 Å². The van der Waals surface area contributed by atoms with E-state index in [1.807, 2.05) is 24.3 Å². The summed E-state index contributed by atoms with van der Waals surface area (Å²) in [5.74, 6) is 1.91. The molecular formula is C22H33N3O4. The van der Waals surface area contributed by atoms with Gasteiger partial charge in [0.05, 0.1) is 25.8 Å². The molecule has 2 aliphatic rings. The van der Waals surface area contributed by atoms with Crippen molar-refractivity contribution in [2.75, 3.05) is 40.4 Å². The van der Waals surface area contributed by atoms with Gasteiger partial charge in [0.2, 0.25) is 11.8 Å². The number of likely N-dealkylation sites (tertiary alicyclic amines) is 1. The topological polar surface area (TPSA) is 79.9 Å². The third-order valence-corrected chi connectivity index (χ3v) is 6.16. The van der Waals surface area contributed by atoms with Crippen molar-refractivity contribution in [3.63, 3.8) is 0 Å². The Hall–Kier alpha value is -2.12. The maximum Gasteiger partial charge on any atom is 0.234 e. The van der Waals surface area contributed by atoms with E-state index < -0.39 is 0 Å². The first-order valence-electron chi connectivity index (χ1n) is 10.4. The maximum absolute atomic E-state index is 12.4. The van der Waals surface area contributed by atoms with Crippen LogP contribution in [-0.2, 0) is 20.7 Å². The molecule has 1 aromatic rings. The van der Waals surface area contributed by atoms with Gasteiger partial charge >= 0.3 is 0 Å². The smallest absolute Gasteiger partial charge is 0.234 e. The largest absolute Gasteiger partial charge is 0.496 e. The van der Waals surface area contributed by atoms with Gasteiger partial charge in [-0.25, -0.2) is 0 Å². The Kier molecular flexibility index (Phi) is 7.50. The average Bonchev–Trinajstić information content (AvgIpc) is 3.08. The van der Waals surface area contributed by atoms with Crippen molar-refractivity contribution in [2.24, 2.45) is 11.8 Å². The summed E-state index contributed by atoms with van der Waals surface area (Å²) in [5, 5.41) is 6.06. The molecule has 0 unspecified atom stereocenters. The van der Waals surface area contributed by atoms with Gasteiger partial charge in [0.15, 0.2) is 0 Å². The van der Waals surface area contributed by atoms with Crippen LogP contribution in [0.1, 0.15) is 25.3 Å². The number of fused-ring (bicyclic) bond motifs is 1. The summed E-state index contributed by atoms with van der Waals surface area (Å²) in [5.41, 5.74) is 1.09. The van der Waals surface area contributed by atoms with Gasteiger partial charge in [0, 0.05) is 33.7 Å². The summed E-state index contributed by atoms with van der Waals surface area (Å²) in [6.07, 6.45) is 2.64. The molecule has 0 bridgehead atoms. The van der Waals surface area contributed by atoms with Gasteiger partial charge < -0.3 is 20.1 Å². The predicted octanol–water partition coefficient (Wildman–Crippen LogP) is 1.22. The predicted molar refractivity (Wildman–Crippen MR) is 111 cm³/mol. The summed E-state index contributed by atoms with van der Waals surface area (Å²) >= 11 is 0. The van der Waals surface area contributed by atoms with Crippen LogP contribution < -0.4 is 15.4 Å². The van der Waals surface area contributed by atoms with Crippen molar-refractivity contribution < 1.29 is 19.1 Å². The zero-order valence-corrected chi connectivity index (χ0v) is 17.6. The number of nitrogens with one attached hydrogen (secondary N) is 2. The number of carbonyl (C=O) groups excluding carboxylic acids is 2. The normalized spacial score (nSPS) is 26.6. The lowest BCUT2D eigenvalue weighted by atomic mass is 9.77. The molecule has 1 aliphatic carbocycles. The maximum atomic E-state index is 12.4. The highest BCUT2D eigenvalue weighted by molar-refractivity contribution is 5.78. The number of benzene rings is 1. The molecule has 29 heavy (non-hydrogen) atoms. The zero-order valence-electron chi connectivity index (χ0n) is 17.6. The molecule has 2 fully saturated rings. The van der Waals surface area contributed by atoms with E-state index in [9.17, 15) is 9.59 Å².